The van der Waals surface area contributed by atoms with Gasteiger partial charge in [-0.3, -0.25) is 5.41 Å². The van der Waals surface area contributed by atoms with Crippen LogP contribution in [0.15, 0.2) is 36.4 Å². The van der Waals surface area contributed by atoms with Gasteiger partial charge in [-0.15, -0.1) is 0 Å². The first-order valence-corrected chi connectivity index (χ1v) is 9.02. The van der Waals surface area contributed by atoms with Gasteiger partial charge in [-0.25, -0.2) is 4.79 Å². The van der Waals surface area contributed by atoms with Crippen LogP contribution in [0.4, 0.5) is 5.69 Å². The zero-order chi connectivity index (χ0) is 19.8. The quantitative estimate of drug-likeness (QED) is 0.273. The zero-order valence-electron chi connectivity index (χ0n) is 15.1. The van der Waals surface area contributed by atoms with Gasteiger partial charge in [-0.1, -0.05) is 18.2 Å². The summed E-state index contributed by atoms with van der Waals surface area (Å²) in [5, 5.41) is 27.6. The number of nitrogen functional groups attached to an aromatic ring is 1. The van der Waals surface area contributed by atoms with E-state index < -0.39 is 13.1 Å². The molecule has 2 aliphatic heterocycles. The fraction of sp³-hybridized carbons (Fsp3) is 0.263. The summed E-state index contributed by atoms with van der Waals surface area (Å²) in [6.07, 6.45) is 0.729. The summed E-state index contributed by atoms with van der Waals surface area (Å²) in [6, 6.07) is 10.5. The van der Waals surface area contributed by atoms with E-state index in [-0.39, 0.29) is 23.2 Å². The molecule has 28 heavy (non-hydrogen) atoms. The van der Waals surface area contributed by atoms with Crippen molar-refractivity contribution >= 4 is 24.6 Å². The van der Waals surface area contributed by atoms with Crippen molar-refractivity contribution in [3.05, 3.63) is 53.1 Å². The number of likely N-dealkylation sites (tertiary alicyclic amines) is 1. The van der Waals surface area contributed by atoms with E-state index in [0.29, 0.717) is 37.4 Å². The highest BCUT2D eigenvalue weighted by Gasteiger charge is 2.34. The molecule has 0 spiro atoms. The number of aromatic carboxylic acids is 1. The molecule has 1 saturated heterocycles. The summed E-state index contributed by atoms with van der Waals surface area (Å²) in [6.45, 7) is 0.931. The van der Waals surface area contributed by atoms with Gasteiger partial charge in [0.15, 0.2) is 0 Å². The lowest BCUT2D eigenvalue weighted by Gasteiger charge is -2.41. The minimum Gasteiger partial charge on any atom is -0.535 e. The average Bonchev–Trinajstić information content (AvgIpc) is 2.63. The maximum atomic E-state index is 11.8. The Hall–Kier alpha value is -3.20. The molecule has 0 radical (unpaired) electrons. The van der Waals surface area contributed by atoms with Gasteiger partial charge in [0.25, 0.3) is 0 Å². The number of carbonyl (C=O) groups is 1. The summed E-state index contributed by atoms with van der Waals surface area (Å²) in [4.78, 5) is 13.6. The van der Waals surface area contributed by atoms with Crippen LogP contribution in [0.25, 0.3) is 0 Å². The molecule has 144 valence electrons. The first kappa shape index (κ1) is 18.2. The predicted molar refractivity (Wildman–Crippen MR) is 104 cm³/mol. The second-order valence-corrected chi connectivity index (χ2v) is 6.96. The van der Waals surface area contributed by atoms with Crippen molar-refractivity contribution in [3.63, 3.8) is 0 Å². The number of carboxylic acid groups (broad SMARTS) is 1. The van der Waals surface area contributed by atoms with Gasteiger partial charge in [0, 0.05) is 11.3 Å². The van der Waals surface area contributed by atoms with Gasteiger partial charge in [-0.2, -0.15) is 0 Å². The maximum absolute atomic E-state index is 11.8. The van der Waals surface area contributed by atoms with Gasteiger partial charge >= 0.3 is 13.1 Å². The number of hydrogen-bond donors (Lipinski definition) is 4. The van der Waals surface area contributed by atoms with Crippen molar-refractivity contribution in [1.82, 2.24) is 4.90 Å². The molecule has 2 heterocycles. The summed E-state index contributed by atoms with van der Waals surface area (Å²) in [7, 11) is -1.01. The standard InChI is InChI=1S/C19H20BN3O5/c21-13-3-1-2-12(8-13)18(22)23-9-14(10-23)27-15-5-4-11-6-7-20(26)28-17(11)16(15)19(24)25/h1-5,8,14,22,26H,6-7,9-10,21H2,(H,24,25). The van der Waals surface area contributed by atoms with E-state index in [9.17, 15) is 14.9 Å². The van der Waals surface area contributed by atoms with E-state index in [4.69, 9.17) is 20.5 Å². The lowest BCUT2D eigenvalue weighted by atomic mass is 9.78. The fourth-order valence-corrected chi connectivity index (χ4v) is 3.46. The lowest BCUT2D eigenvalue weighted by molar-refractivity contribution is 0.0597. The van der Waals surface area contributed by atoms with Crippen molar-refractivity contribution in [2.24, 2.45) is 0 Å². The molecule has 5 N–H and O–H groups in total. The summed E-state index contributed by atoms with van der Waals surface area (Å²) >= 11 is 0. The van der Waals surface area contributed by atoms with Crippen LogP contribution < -0.4 is 15.1 Å². The largest absolute Gasteiger partial charge is 0.535 e. The average molecular weight is 381 g/mol. The van der Waals surface area contributed by atoms with Crippen LogP contribution in [0.1, 0.15) is 21.5 Å². The molecule has 2 aliphatic rings. The van der Waals surface area contributed by atoms with Gasteiger partial charge in [0.2, 0.25) is 0 Å². The molecular formula is C19H20BN3O5. The van der Waals surface area contributed by atoms with Crippen LogP contribution in [-0.4, -0.2) is 53.1 Å². The van der Waals surface area contributed by atoms with E-state index in [1.165, 1.54) is 0 Å². The second-order valence-electron chi connectivity index (χ2n) is 6.96. The highest BCUT2D eigenvalue weighted by molar-refractivity contribution is 6.44. The highest BCUT2D eigenvalue weighted by Crippen LogP contribution is 2.37. The molecule has 4 rings (SSSR count). The number of nitrogens with two attached hydrogens (primary N) is 1. The van der Waals surface area contributed by atoms with E-state index in [0.717, 1.165) is 11.1 Å². The number of aryl methyl sites for hydroxylation is 1. The van der Waals surface area contributed by atoms with Gasteiger partial charge in [-0.05, 0) is 36.5 Å². The Kier molecular flexibility index (Phi) is 4.60. The van der Waals surface area contributed by atoms with Crippen LogP contribution in [-0.2, 0) is 6.42 Å². The molecule has 2 aromatic carbocycles. The van der Waals surface area contributed by atoms with Crippen LogP contribution in [0.2, 0.25) is 6.32 Å². The topological polar surface area (TPSA) is 129 Å². The number of hydrogen-bond acceptors (Lipinski definition) is 6. The Morgan fingerprint density at radius 3 is 2.82 bits per heavy atom. The number of nitrogens with zero attached hydrogens (tertiary/aromatic N) is 1. The van der Waals surface area contributed by atoms with Crippen molar-refractivity contribution < 1.29 is 24.3 Å². The van der Waals surface area contributed by atoms with Crippen molar-refractivity contribution in [1.29, 1.82) is 5.41 Å². The van der Waals surface area contributed by atoms with Crippen molar-refractivity contribution in [3.8, 4) is 11.5 Å². The Labute approximate surface area is 162 Å². The molecular weight excluding hydrogens is 361 g/mol. The fourth-order valence-electron chi connectivity index (χ4n) is 3.46. The molecule has 0 amide bonds. The Morgan fingerprint density at radius 1 is 1.32 bits per heavy atom. The third-order valence-electron chi connectivity index (χ3n) is 4.95. The van der Waals surface area contributed by atoms with Gasteiger partial charge < -0.3 is 30.2 Å². The molecule has 9 heteroatoms. The Balaban J connectivity index is 1.47. The summed E-state index contributed by atoms with van der Waals surface area (Å²) in [5.74, 6) is -0.431. The number of carboxylic acids is 1. The van der Waals surface area contributed by atoms with Gasteiger partial charge in [0.05, 0.1) is 13.1 Å². The number of amidine groups is 1. The summed E-state index contributed by atoms with van der Waals surface area (Å²) < 4.78 is 11.2. The SMILES string of the molecule is N=C(c1cccc(N)c1)N1CC(Oc2ccc3c(c2C(=O)O)OB(O)CC3)C1. The summed E-state index contributed by atoms with van der Waals surface area (Å²) in [5.41, 5.74) is 7.76. The monoisotopic (exact) mass is 381 g/mol. The number of rotatable bonds is 4. The normalized spacial score (nSPS) is 16.0. The lowest BCUT2D eigenvalue weighted by Crippen LogP contribution is -2.56. The maximum Gasteiger partial charge on any atom is 0.522 e. The first-order chi connectivity index (χ1) is 13.4. The minimum absolute atomic E-state index is 0.0689. The van der Waals surface area contributed by atoms with E-state index in [1.807, 2.05) is 11.0 Å². The van der Waals surface area contributed by atoms with E-state index in [2.05, 4.69) is 0 Å². The molecule has 0 aromatic heterocycles. The Morgan fingerprint density at radius 2 is 2.11 bits per heavy atom. The molecule has 0 atom stereocenters. The number of fused-ring (bicyclic) bond motifs is 1. The molecule has 2 aromatic rings. The number of anilines is 1. The number of ether oxygens (including phenoxy) is 1. The van der Waals surface area contributed by atoms with Crippen LogP contribution >= 0.6 is 0 Å². The van der Waals surface area contributed by atoms with E-state index in [1.54, 1.807) is 30.3 Å². The van der Waals surface area contributed by atoms with Crippen LogP contribution in [0.5, 0.6) is 11.5 Å². The number of nitrogens with one attached hydrogen (secondary N) is 1. The van der Waals surface area contributed by atoms with Crippen LogP contribution in [0.3, 0.4) is 0 Å². The van der Waals surface area contributed by atoms with E-state index >= 15 is 0 Å². The second kappa shape index (κ2) is 7.08. The molecule has 1 fully saturated rings. The van der Waals surface area contributed by atoms with Crippen LogP contribution in [0, 0.1) is 5.41 Å². The molecule has 0 aliphatic carbocycles. The zero-order valence-corrected chi connectivity index (χ0v) is 15.1. The number of benzene rings is 2. The van der Waals surface area contributed by atoms with Gasteiger partial charge in [0.1, 0.15) is 29.0 Å². The third kappa shape index (κ3) is 3.36. The predicted octanol–water partition coefficient (Wildman–Crippen LogP) is 1.47. The smallest absolute Gasteiger partial charge is 0.522 e. The molecule has 0 saturated carbocycles. The molecule has 0 bridgehead atoms. The third-order valence-corrected chi connectivity index (χ3v) is 4.95. The Bertz CT molecular complexity index is 945. The minimum atomic E-state index is -1.16. The first-order valence-electron chi connectivity index (χ1n) is 9.02. The highest BCUT2D eigenvalue weighted by atomic mass is 16.5. The molecule has 0 unspecified atom stereocenters. The molecule has 8 nitrogen and oxygen atoms in total. The van der Waals surface area contributed by atoms with Crippen molar-refractivity contribution in [2.45, 2.75) is 18.8 Å². The van der Waals surface area contributed by atoms with Crippen molar-refractivity contribution in [2.75, 3.05) is 18.8 Å².